The highest BCUT2D eigenvalue weighted by molar-refractivity contribution is 8.13. The molecule has 1 aromatic rings. The average molecular weight is 255 g/mol. The van der Waals surface area contributed by atoms with Crippen molar-refractivity contribution in [3.63, 3.8) is 0 Å². The molecule has 17 heavy (non-hydrogen) atoms. The summed E-state index contributed by atoms with van der Waals surface area (Å²) in [6.07, 6.45) is 0. The SMILES string of the molecule is CN=C(N)SCc1cc([N+](=O)[O-])ccc1OC. The number of benzene rings is 1. The standard InChI is InChI=1S/C10H13N3O3S/c1-12-10(11)17-6-7-5-8(13(14)15)3-4-9(7)16-2/h3-5H,6H2,1-2H3,(H2,11,12). The van der Waals surface area contributed by atoms with E-state index < -0.39 is 4.92 Å². The number of methoxy groups -OCH3 is 1. The Hall–Kier alpha value is -1.76. The first-order valence-electron chi connectivity index (χ1n) is 4.75. The van der Waals surface area contributed by atoms with Gasteiger partial charge in [0, 0.05) is 30.5 Å². The fourth-order valence-electron chi connectivity index (χ4n) is 1.21. The zero-order valence-electron chi connectivity index (χ0n) is 9.54. The number of amidine groups is 1. The minimum Gasteiger partial charge on any atom is -0.496 e. The van der Waals surface area contributed by atoms with Gasteiger partial charge in [-0.2, -0.15) is 0 Å². The highest BCUT2D eigenvalue weighted by Crippen LogP contribution is 2.27. The van der Waals surface area contributed by atoms with Gasteiger partial charge < -0.3 is 10.5 Å². The number of nitro benzene ring substituents is 1. The predicted molar refractivity (Wildman–Crippen MR) is 68.5 cm³/mol. The third-order valence-corrected chi connectivity index (χ3v) is 3.00. The highest BCUT2D eigenvalue weighted by Gasteiger charge is 2.11. The number of nitrogens with two attached hydrogens (primary N) is 1. The van der Waals surface area contributed by atoms with E-state index in [0.717, 1.165) is 5.56 Å². The maximum atomic E-state index is 10.7. The maximum absolute atomic E-state index is 10.7. The molecule has 0 heterocycles. The molecule has 0 bridgehead atoms. The van der Waals surface area contributed by atoms with Gasteiger partial charge in [0.25, 0.3) is 5.69 Å². The molecule has 0 aliphatic heterocycles. The van der Waals surface area contributed by atoms with E-state index in [1.165, 1.54) is 31.0 Å². The van der Waals surface area contributed by atoms with Crippen molar-refractivity contribution in [1.29, 1.82) is 0 Å². The smallest absolute Gasteiger partial charge is 0.270 e. The van der Waals surface area contributed by atoms with E-state index >= 15 is 0 Å². The van der Waals surface area contributed by atoms with Crippen molar-refractivity contribution >= 4 is 22.6 Å². The van der Waals surface area contributed by atoms with Gasteiger partial charge in [-0.05, 0) is 6.07 Å². The summed E-state index contributed by atoms with van der Waals surface area (Å²) in [4.78, 5) is 14.0. The van der Waals surface area contributed by atoms with Crippen molar-refractivity contribution in [1.82, 2.24) is 0 Å². The molecule has 0 saturated carbocycles. The topological polar surface area (TPSA) is 90.8 Å². The second-order valence-electron chi connectivity index (χ2n) is 3.10. The number of hydrogen-bond donors (Lipinski definition) is 1. The van der Waals surface area contributed by atoms with Crippen LogP contribution in [0.15, 0.2) is 23.2 Å². The van der Waals surface area contributed by atoms with Crippen LogP contribution in [0.4, 0.5) is 5.69 Å². The van der Waals surface area contributed by atoms with Crippen LogP contribution in [0.2, 0.25) is 0 Å². The van der Waals surface area contributed by atoms with Crippen LogP contribution in [0.1, 0.15) is 5.56 Å². The van der Waals surface area contributed by atoms with Gasteiger partial charge in [0.2, 0.25) is 0 Å². The molecule has 6 nitrogen and oxygen atoms in total. The molecule has 0 spiro atoms. The van der Waals surface area contributed by atoms with E-state index in [4.69, 9.17) is 10.5 Å². The average Bonchev–Trinajstić information content (AvgIpc) is 2.35. The molecule has 0 amide bonds. The number of aliphatic imine (C=N–C) groups is 1. The lowest BCUT2D eigenvalue weighted by atomic mass is 10.2. The number of thioether (sulfide) groups is 1. The molecule has 0 saturated heterocycles. The van der Waals surface area contributed by atoms with Crippen LogP contribution in [0.3, 0.4) is 0 Å². The van der Waals surface area contributed by atoms with Gasteiger partial charge in [-0.25, -0.2) is 0 Å². The summed E-state index contributed by atoms with van der Waals surface area (Å²) < 4.78 is 5.13. The minimum absolute atomic E-state index is 0.0356. The van der Waals surface area contributed by atoms with E-state index in [9.17, 15) is 10.1 Å². The zero-order chi connectivity index (χ0) is 12.8. The first kappa shape index (κ1) is 13.3. The molecule has 7 heteroatoms. The Bertz CT molecular complexity index is 448. The second-order valence-corrected chi connectivity index (χ2v) is 4.10. The molecule has 0 atom stereocenters. The Kier molecular flexibility index (Phi) is 4.77. The summed E-state index contributed by atoms with van der Waals surface area (Å²) in [5, 5.41) is 11.1. The van der Waals surface area contributed by atoms with E-state index in [1.54, 1.807) is 13.1 Å². The van der Waals surface area contributed by atoms with Gasteiger partial charge in [-0.3, -0.25) is 15.1 Å². The van der Waals surface area contributed by atoms with E-state index in [1.807, 2.05) is 0 Å². The Morgan fingerprint density at radius 1 is 1.65 bits per heavy atom. The monoisotopic (exact) mass is 255 g/mol. The summed E-state index contributed by atoms with van der Waals surface area (Å²) in [7, 11) is 3.11. The predicted octanol–water partition coefficient (Wildman–Crippen LogP) is 1.78. The zero-order valence-corrected chi connectivity index (χ0v) is 10.4. The molecule has 92 valence electrons. The largest absolute Gasteiger partial charge is 0.496 e. The van der Waals surface area contributed by atoms with Crippen LogP contribution in [-0.2, 0) is 5.75 Å². The summed E-state index contributed by atoms with van der Waals surface area (Å²) in [6.45, 7) is 0. The molecule has 0 unspecified atom stereocenters. The fourth-order valence-corrected chi connectivity index (χ4v) is 1.87. The molecule has 0 fully saturated rings. The number of ether oxygens (including phenoxy) is 1. The van der Waals surface area contributed by atoms with E-state index in [2.05, 4.69) is 4.99 Å². The van der Waals surface area contributed by atoms with Gasteiger partial charge in [0.05, 0.1) is 12.0 Å². The van der Waals surface area contributed by atoms with Crippen molar-refractivity contribution in [2.45, 2.75) is 5.75 Å². The van der Waals surface area contributed by atoms with Crippen molar-refractivity contribution < 1.29 is 9.66 Å². The minimum atomic E-state index is -0.440. The van der Waals surface area contributed by atoms with E-state index in [-0.39, 0.29) is 5.69 Å². The third kappa shape index (κ3) is 3.63. The van der Waals surface area contributed by atoms with Crippen molar-refractivity contribution in [2.24, 2.45) is 10.7 Å². The maximum Gasteiger partial charge on any atom is 0.270 e. The van der Waals surface area contributed by atoms with E-state index in [0.29, 0.717) is 16.7 Å². The summed E-state index contributed by atoms with van der Waals surface area (Å²) in [5.74, 6) is 1.08. The van der Waals surface area contributed by atoms with Crippen molar-refractivity contribution in [3.05, 3.63) is 33.9 Å². The Balaban J connectivity index is 2.94. The van der Waals surface area contributed by atoms with Crippen molar-refractivity contribution in [2.75, 3.05) is 14.2 Å². The number of nitrogens with zero attached hydrogens (tertiary/aromatic N) is 2. The quantitative estimate of drug-likeness (QED) is 0.383. The molecule has 1 aromatic carbocycles. The normalized spacial score (nSPS) is 11.3. The number of non-ortho nitro benzene ring substituents is 1. The summed E-state index contributed by atoms with van der Waals surface area (Å²) in [6, 6.07) is 4.46. The van der Waals surface area contributed by atoms with Crippen molar-refractivity contribution in [3.8, 4) is 5.75 Å². The van der Waals surface area contributed by atoms with Crippen LogP contribution in [-0.4, -0.2) is 24.2 Å². The van der Waals surface area contributed by atoms with Crippen LogP contribution in [0.5, 0.6) is 5.75 Å². The molecule has 2 N–H and O–H groups in total. The Morgan fingerprint density at radius 2 is 2.35 bits per heavy atom. The summed E-state index contributed by atoms with van der Waals surface area (Å²) >= 11 is 1.30. The highest BCUT2D eigenvalue weighted by atomic mass is 32.2. The molecule has 1 rings (SSSR count). The number of hydrogen-bond acceptors (Lipinski definition) is 5. The van der Waals surface area contributed by atoms with Gasteiger partial charge in [0.1, 0.15) is 5.75 Å². The number of rotatable bonds is 4. The molecule has 0 aromatic heterocycles. The Morgan fingerprint density at radius 3 is 2.88 bits per heavy atom. The first-order chi connectivity index (χ1) is 8.08. The molecular formula is C10H13N3O3S. The third-order valence-electron chi connectivity index (χ3n) is 2.07. The van der Waals surface area contributed by atoms with Gasteiger partial charge in [-0.1, -0.05) is 11.8 Å². The lowest BCUT2D eigenvalue weighted by Gasteiger charge is -2.07. The Labute approximate surface area is 103 Å². The van der Waals surface area contributed by atoms with Gasteiger partial charge >= 0.3 is 0 Å². The molecule has 0 aliphatic carbocycles. The van der Waals surface area contributed by atoms with Gasteiger partial charge in [0.15, 0.2) is 5.17 Å². The number of nitro groups is 1. The van der Waals surface area contributed by atoms with Gasteiger partial charge in [-0.15, -0.1) is 0 Å². The summed E-state index contributed by atoms with van der Waals surface area (Å²) in [5.41, 5.74) is 6.30. The van der Waals surface area contributed by atoms with Crippen LogP contribution in [0, 0.1) is 10.1 Å². The molecular weight excluding hydrogens is 242 g/mol. The first-order valence-corrected chi connectivity index (χ1v) is 5.73. The lowest BCUT2D eigenvalue weighted by molar-refractivity contribution is -0.384. The molecule has 0 aliphatic rings. The second kappa shape index (κ2) is 6.09. The van der Waals surface area contributed by atoms with Crippen LogP contribution in [0.25, 0.3) is 0 Å². The molecule has 0 radical (unpaired) electrons. The fraction of sp³-hybridized carbons (Fsp3) is 0.300. The lowest BCUT2D eigenvalue weighted by Crippen LogP contribution is -2.06. The van der Waals surface area contributed by atoms with Crippen LogP contribution < -0.4 is 10.5 Å². The van der Waals surface area contributed by atoms with Crippen LogP contribution >= 0.6 is 11.8 Å².